The van der Waals surface area contributed by atoms with Crippen LogP contribution in [-0.4, -0.2) is 15.0 Å². The van der Waals surface area contributed by atoms with E-state index in [9.17, 15) is 5.26 Å². The molecule has 8 fully saturated rings. The van der Waals surface area contributed by atoms with E-state index < -0.39 is 0 Å². The molecule has 14 rings (SSSR count). The number of nitriles is 1. The van der Waals surface area contributed by atoms with E-state index in [4.69, 9.17) is 15.0 Å². The number of rotatable bonds is 6. The SMILES string of the molecule is N#Cc1ccc2cc(-c3ccc(-c4nc(-c5ccccc5)nc(-c5cc(C67C[C@H]8C[C@@H](C6)C[C@@H](C7)C8)cc(C67C[C@H]8C[C@@H](C6)C[C@@H](C7)C8)c5)n4)cc3)ccc2c1. The fourth-order valence-electron chi connectivity index (χ4n) is 14.0. The highest BCUT2D eigenvalue weighted by Crippen LogP contribution is 2.64. The highest BCUT2D eigenvalue weighted by atomic mass is 15.0. The van der Waals surface area contributed by atoms with E-state index in [-0.39, 0.29) is 0 Å². The number of hydrogen-bond acceptors (Lipinski definition) is 4. The summed E-state index contributed by atoms with van der Waals surface area (Å²) in [7, 11) is 0. The van der Waals surface area contributed by atoms with Crippen LogP contribution in [0.5, 0.6) is 0 Å². The minimum absolute atomic E-state index is 0.302. The number of fused-ring (bicyclic) bond motifs is 1. The van der Waals surface area contributed by atoms with Crippen LogP contribution in [-0.2, 0) is 10.8 Å². The molecule has 4 nitrogen and oxygen atoms in total. The lowest BCUT2D eigenvalue weighted by molar-refractivity contribution is -0.00832. The Morgan fingerprint density at radius 3 is 1.36 bits per heavy atom. The third kappa shape index (κ3) is 5.48. The zero-order valence-electron chi connectivity index (χ0n) is 32.1. The molecule has 6 aromatic rings. The Bertz CT molecular complexity index is 2430. The van der Waals surface area contributed by atoms with Gasteiger partial charge in [-0.15, -0.1) is 0 Å². The molecule has 0 saturated heterocycles. The second-order valence-corrected chi connectivity index (χ2v) is 19.3. The Balaban J connectivity index is 0.983. The van der Waals surface area contributed by atoms with Crippen molar-refractivity contribution in [2.24, 2.45) is 35.5 Å². The van der Waals surface area contributed by atoms with Crippen LogP contribution in [0.1, 0.15) is 93.7 Å². The lowest BCUT2D eigenvalue weighted by Crippen LogP contribution is -2.50. The molecule has 5 aromatic carbocycles. The van der Waals surface area contributed by atoms with Crippen molar-refractivity contribution in [2.75, 3.05) is 0 Å². The molecular weight excluding hydrogens is 681 g/mol. The minimum Gasteiger partial charge on any atom is -0.208 e. The number of aromatic nitrogens is 3. The first-order valence-corrected chi connectivity index (χ1v) is 21.5. The molecule has 8 saturated carbocycles. The molecule has 276 valence electrons. The van der Waals surface area contributed by atoms with Crippen LogP contribution >= 0.6 is 0 Å². The van der Waals surface area contributed by atoms with Crippen molar-refractivity contribution in [2.45, 2.75) is 87.9 Å². The molecular formula is C52H48N4. The zero-order valence-corrected chi connectivity index (χ0v) is 32.1. The van der Waals surface area contributed by atoms with Crippen LogP contribution in [0.2, 0.25) is 0 Å². The van der Waals surface area contributed by atoms with Gasteiger partial charge in [-0.1, -0.05) is 78.9 Å². The minimum atomic E-state index is 0.302. The quantitative estimate of drug-likeness (QED) is 0.171. The van der Waals surface area contributed by atoms with E-state index >= 15 is 0 Å². The maximum atomic E-state index is 9.36. The summed E-state index contributed by atoms with van der Waals surface area (Å²) >= 11 is 0. The van der Waals surface area contributed by atoms with Gasteiger partial charge in [-0.25, -0.2) is 15.0 Å². The van der Waals surface area contributed by atoms with E-state index in [0.717, 1.165) is 86.0 Å². The topological polar surface area (TPSA) is 62.5 Å². The number of hydrogen-bond donors (Lipinski definition) is 0. The normalized spacial score (nSPS) is 30.8. The van der Waals surface area contributed by atoms with Crippen LogP contribution < -0.4 is 0 Å². The van der Waals surface area contributed by atoms with E-state index in [1.54, 1.807) is 11.1 Å². The molecule has 56 heavy (non-hydrogen) atoms. The zero-order chi connectivity index (χ0) is 37.0. The molecule has 0 radical (unpaired) electrons. The van der Waals surface area contributed by atoms with E-state index in [2.05, 4.69) is 97.1 Å². The first kappa shape index (κ1) is 33.0. The van der Waals surface area contributed by atoms with Gasteiger partial charge in [-0.2, -0.15) is 5.26 Å². The van der Waals surface area contributed by atoms with Gasteiger partial charge in [0.05, 0.1) is 11.6 Å². The highest BCUT2D eigenvalue weighted by Gasteiger charge is 2.54. The fraction of sp³-hybridized carbons (Fsp3) is 0.385. The van der Waals surface area contributed by atoms with Crippen LogP contribution in [0.15, 0.2) is 109 Å². The van der Waals surface area contributed by atoms with E-state index in [1.165, 1.54) is 82.6 Å². The van der Waals surface area contributed by atoms with Crippen molar-refractivity contribution in [3.05, 3.63) is 126 Å². The number of benzene rings is 5. The molecule has 0 amide bonds. The maximum absolute atomic E-state index is 9.36. The first-order valence-electron chi connectivity index (χ1n) is 21.5. The van der Waals surface area contributed by atoms with E-state index in [0.29, 0.717) is 16.4 Å². The van der Waals surface area contributed by atoms with Crippen LogP contribution in [0, 0.1) is 46.8 Å². The molecule has 8 aliphatic carbocycles. The van der Waals surface area contributed by atoms with E-state index in [1.807, 2.05) is 18.2 Å². The van der Waals surface area contributed by atoms with Gasteiger partial charge in [0.25, 0.3) is 0 Å². The summed E-state index contributed by atoms with van der Waals surface area (Å²) in [5.41, 5.74) is 9.98. The average molecular weight is 729 g/mol. The molecule has 8 aliphatic rings. The summed E-state index contributed by atoms with van der Waals surface area (Å²) in [6.07, 6.45) is 17.0. The van der Waals surface area contributed by atoms with Crippen LogP contribution in [0.4, 0.5) is 0 Å². The standard InChI is InChI=1S/C52H48N4/c53-31-32-6-7-44-21-43(13-12-42(44)20-32)39-8-10-41(11-9-39)49-54-48(40-4-2-1-3-5-40)55-50(56-49)45-22-46(51-25-33-14-34(26-51)16-35(15-33)27-51)24-47(23-45)52-28-36-17-37(29-52)19-38(18-36)30-52/h1-13,20-24,33-38H,14-19,25-30H2/t33-,34+,35-,36-,37+,38-,51?,52?. The fourth-order valence-corrected chi connectivity index (χ4v) is 14.0. The second-order valence-electron chi connectivity index (χ2n) is 19.3. The third-order valence-corrected chi connectivity index (χ3v) is 15.6. The summed E-state index contributed by atoms with van der Waals surface area (Å²) in [6, 6.07) is 41.6. The summed E-state index contributed by atoms with van der Waals surface area (Å²) < 4.78 is 0. The molecule has 8 bridgehead atoms. The molecule has 4 heteroatoms. The Hall–Kier alpha value is -5.14. The monoisotopic (exact) mass is 728 g/mol. The van der Waals surface area contributed by atoms with Crippen molar-refractivity contribution in [1.82, 2.24) is 15.0 Å². The van der Waals surface area contributed by atoms with Crippen LogP contribution in [0.3, 0.4) is 0 Å². The highest BCUT2D eigenvalue weighted by molar-refractivity contribution is 5.88. The molecule has 1 heterocycles. The van der Waals surface area contributed by atoms with Crippen molar-refractivity contribution >= 4 is 10.8 Å². The maximum Gasteiger partial charge on any atom is 0.164 e. The van der Waals surface area contributed by atoms with Crippen LogP contribution in [0.25, 0.3) is 56.1 Å². The Morgan fingerprint density at radius 1 is 0.411 bits per heavy atom. The molecule has 0 unspecified atom stereocenters. The summed E-state index contributed by atoms with van der Waals surface area (Å²) in [6.45, 7) is 0. The van der Waals surface area contributed by atoms with Crippen molar-refractivity contribution < 1.29 is 0 Å². The second kappa shape index (κ2) is 12.4. The Labute approximate surface area is 330 Å². The predicted molar refractivity (Wildman–Crippen MR) is 223 cm³/mol. The summed E-state index contributed by atoms with van der Waals surface area (Å²) in [4.78, 5) is 15.9. The molecule has 0 atom stereocenters. The van der Waals surface area contributed by atoms with Crippen molar-refractivity contribution in [3.63, 3.8) is 0 Å². The van der Waals surface area contributed by atoms with Gasteiger partial charge in [0.2, 0.25) is 0 Å². The largest absolute Gasteiger partial charge is 0.208 e. The third-order valence-electron chi connectivity index (χ3n) is 15.6. The van der Waals surface area contributed by atoms with Gasteiger partial charge in [0, 0.05) is 16.7 Å². The lowest BCUT2D eigenvalue weighted by Gasteiger charge is -2.58. The van der Waals surface area contributed by atoms with Gasteiger partial charge in [-0.3, -0.25) is 0 Å². The lowest BCUT2D eigenvalue weighted by atomic mass is 9.46. The molecule has 0 spiro atoms. The predicted octanol–water partition coefficient (Wildman–Crippen LogP) is 12.5. The molecule has 0 aliphatic heterocycles. The summed E-state index contributed by atoms with van der Waals surface area (Å²) in [5.74, 6) is 7.65. The molecule has 0 N–H and O–H groups in total. The van der Waals surface area contributed by atoms with Gasteiger partial charge < -0.3 is 0 Å². The number of nitrogens with zero attached hydrogens (tertiary/aromatic N) is 4. The Morgan fingerprint density at radius 2 is 0.839 bits per heavy atom. The average Bonchev–Trinajstić information content (AvgIpc) is 3.22. The van der Waals surface area contributed by atoms with Gasteiger partial charge in [-0.05, 0) is 187 Å². The molecule has 1 aromatic heterocycles. The van der Waals surface area contributed by atoms with Gasteiger partial charge >= 0.3 is 0 Å². The smallest absolute Gasteiger partial charge is 0.164 e. The Kier molecular flexibility index (Phi) is 7.33. The summed E-state index contributed by atoms with van der Waals surface area (Å²) in [5, 5.41) is 11.6. The first-order chi connectivity index (χ1) is 27.4. The van der Waals surface area contributed by atoms with Gasteiger partial charge in [0.15, 0.2) is 17.5 Å². The van der Waals surface area contributed by atoms with Gasteiger partial charge in [0.1, 0.15) is 0 Å². The van der Waals surface area contributed by atoms with Crippen molar-refractivity contribution in [1.29, 1.82) is 5.26 Å². The van der Waals surface area contributed by atoms with Crippen molar-refractivity contribution in [3.8, 4) is 51.4 Å².